The van der Waals surface area contributed by atoms with Crippen LogP contribution in [0, 0.1) is 0 Å². The number of amides is 2. The number of hydrogen-bond donors (Lipinski definition) is 3. The second-order valence-corrected chi connectivity index (χ2v) is 4.09. The van der Waals surface area contributed by atoms with Crippen molar-refractivity contribution in [3.05, 3.63) is 30.3 Å². The lowest BCUT2D eigenvalue weighted by atomic mass is 9.94. The van der Waals surface area contributed by atoms with Crippen LogP contribution in [0.3, 0.4) is 0 Å². The van der Waals surface area contributed by atoms with Crippen LogP contribution in [0.1, 0.15) is 26.7 Å². The van der Waals surface area contributed by atoms with E-state index in [4.69, 9.17) is 0 Å². The molecule has 0 aromatic heterocycles. The van der Waals surface area contributed by atoms with Crippen LogP contribution >= 0.6 is 0 Å². The van der Waals surface area contributed by atoms with Gasteiger partial charge in [-0.05, 0) is 25.0 Å². The zero-order chi connectivity index (χ0) is 12.7. The first-order chi connectivity index (χ1) is 8.15. The van der Waals surface area contributed by atoms with Gasteiger partial charge in [0.1, 0.15) is 0 Å². The molecular formula is C13H20N2O2. The Hall–Kier alpha value is -1.55. The third-order valence-corrected chi connectivity index (χ3v) is 3.07. The molecule has 0 saturated heterocycles. The molecule has 4 heteroatoms. The highest BCUT2D eigenvalue weighted by atomic mass is 16.3. The number of carbonyl (C=O) groups excluding carboxylic acids is 1. The molecule has 0 radical (unpaired) electrons. The van der Waals surface area contributed by atoms with Crippen molar-refractivity contribution in [2.24, 2.45) is 0 Å². The molecule has 1 rings (SSSR count). The Labute approximate surface area is 102 Å². The Morgan fingerprint density at radius 2 is 1.82 bits per heavy atom. The number of benzene rings is 1. The van der Waals surface area contributed by atoms with Crippen LogP contribution in [0.2, 0.25) is 0 Å². The van der Waals surface area contributed by atoms with Crippen molar-refractivity contribution in [2.45, 2.75) is 32.2 Å². The van der Waals surface area contributed by atoms with Crippen LogP contribution in [0.25, 0.3) is 0 Å². The molecule has 17 heavy (non-hydrogen) atoms. The van der Waals surface area contributed by atoms with Crippen LogP contribution < -0.4 is 10.6 Å². The van der Waals surface area contributed by atoms with E-state index in [1.54, 1.807) is 0 Å². The zero-order valence-electron chi connectivity index (χ0n) is 10.4. The van der Waals surface area contributed by atoms with E-state index in [9.17, 15) is 9.90 Å². The number of para-hydroxylation sites is 1. The first kappa shape index (κ1) is 13.5. The minimum atomic E-state index is -0.529. The average molecular weight is 236 g/mol. The van der Waals surface area contributed by atoms with Gasteiger partial charge in [-0.25, -0.2) is 4.79 Å². The number of carbonyl (C=O) groups is 1. The zero-order valence-corrected chi connectivity index (χ0v) is 10.4. The van der Waals surface area contributed by atoms with Crippen LogP contribution in [-0.4, -0.2) is 23.3 Å². The summed E-state index contributed by atoms with van der Waals surface area (Å²) >= 11 is 0. The smallest absolute Gasteiger partial charge is 0.319 e. The summed E-state index contributed by atoms with van der Waals surface area (Å²) in [5.41, 5.74) is 0.211. The van der Waals surface area contributed by atoms with Crippen LogP contribution in [-0.2, 0) is 0 Å². The van der Waals surface area contributed by atoms with Crippen molar-refractivity contribution in [3.63, 3.8) is 0 Å². The fourth-order valence-corrected chi connectivity index (χ4v) is 1.61. The lowest BCUT2D eigenvalue weighted by Gasteiger charge is -2.30. The van der Waals surface area contributed by atoms with Crippen molar-refractivity contribution >= 4 is 11.7 Å². The highest BCUT2D eigenvalue weighted by molar-refractivity contribution is 5.89. The molecule has 0 aliphatic carbocycles. The number of aliphatic hydroxyl groups excluding tert-OH is 1. The van der Waals surface area contributed by atoms with Crippen molar-refractivity contribution in [1.29, 1.82) is 0 Å². The molecule has 1 aromatic carbocycles. The fourth-order valence-electron chi connectivity index (χ4n) is 1.61. The van der Waals surface area contributed by atoms with Gasteiger partial charge in [0.05, 0.1) is 12.1 Å². The van der Waals surface area contributed by atoms with E-state index in [1.807, 2.05) is 44.2 Å². The van der Waals surface area contributed by atoms with E-state index in [1.165, 1.54) is 0 Å². The predicted molar refractivity (Wildman–Crippen MR) is 69.0 cm³/mol. The minimum absolute atomic E-state index is 0.0534. The molecule has 0 heterocycles. The third kappa shape index (κ3) is 3.75. The number of nitrogens with one attached hydrogen (secondary N) is 2. The largest absolute Gasteiger partial charge is 0.394 e. The van der Waals surface area contributed by atoms with Crippen molar-refractivity contribution in [1.82, 2.24) is 5.32 Å². The van der Waals surface area contributed by atoms with E-state index >= 15 is 0 Å². The van der Waals surface area contributed by atoms with Gasteiger partial charge in [-0.15, -0.1) is 0 Å². The van der Waals surface area contributed by atoms with Gasteiger partial charge in [-0.1, -0.05) is 32.0 Å². The van der Waals surface area contributed by atoms with Gasteiger partial charge < -0.3 is 15.7 Å². The summed E-state index contributed by atoms with van der Waals surface area (Å²) in [6.45, 7) is 3.84. The van der Waals surface area contributed by atoms with Gasteiger partial charge in [0, 0.05) is 5.69 Å². The highest BCUT2D eigenvalue weighted by Crippen LogP contribution is 2.14. The van der Waals surface area contributed by atoms with E-state index < -0.39 is 5.54 Å². The summed E-state index contributed by atoms with van der Waals surface area (Å²) in [7, 11) is 0. The van der Waals surface area contributed by atoms with Gasteiger partial charge in [0.15, 0.2) is 0 Å². The minimum Gasteiger partial charge on any atom is -0.394 e. The molecule has 4 nitrogen and oxygen atoms in total. The van der Waals surface area contributed by atoms with Gasteiger partial charge in [-0.3, -0.25) is 0 Å². The van der Waals surface area contributed by atoms with Crippen molar-refractivity contribution < 1.29 is 9.90 Å². The maximum Gasteiger partial charge on any atom is 0.319 e. The lowest BCUT2D eigenvalue weighted by molar-refractivity contribution is 0.155. The molecule has 94 valence electrons. The SMILES string of the molecule is CCC(CC)(CO)NC(=O)Nc1ccccc1. The van der Waals surface area contributed by atoms with Crippen molar-refractivity contribution in [3.8, 4) is 0 Å². The fraction of sp³-hybridized carbons (Fsp3) is 0.462. The molecule has 0 fully saturated rings. The van der Waals surface area contributed by atoms with Crippen LogP contribution in [0.15, 0.2) is 30.3 Å². The maximum atomic E-state index is 11.8. The third-order valence-electron chi connectivity index (χ3n) is 3.07. The predicted octanol–water partition coefficient (Wildman–Crippen LogP) is 2.36. The standard InChI is InChI=1S/C13H20N2O2/c1-3-13(4-2,10-16)15-12(17)14-11-8-6-5-7-9-11/h5-9,16H,3-4,10H2,1-2H3,(H2,14,15,17). The second kappa shape index (κ2) is 6.25. The summed E-state index contributed by atoms with van der Waals surface area (Å²) in [5, 5.41) is 14.9. The molecule has 3 N–H and O–H groups in total. The summed E-state index contributed by atoms with van der Waals surface area (Å²) < 4.78 is 0. The van der Waals surface area contributed by atoms with Crippen molar-refractivity contribution in [2.75, 3.05) is 11.9 Å². The van der Waals surface area contributed by atoms with E-state index in [0.29, 0.717) is 12.8 Å². The molecule has 0 aliphatic heterocycles. The molecule has 0 bridgehead atoms. The molecular weight excluding hydrogens is 216 g/mol. The summed E-state index contributed by atoms with van der Waals surface area (Å²) in [6.07, 6.45) is 1.39. The summed E-state index contributed by atoms with van der Waals surface area (Å²) in [6, 6.07) is 8.95. The number of aliphatic hydroxyl groups is 1. The summed E-state index contributed by atoms with van der Waals surface area (Å²) in [4.78, 5) is 11.8. The molecule has 0 saturated carbocycles. The molecule has 0 aliphatic rings. The number of urea groups is 1. The van der Waals surface area contributed by atoms with Gasteiger partial charge in [0.2, 0.25) is 0 Å². The quantitative estimate of drug-likeness (QED) is 0.735. The molecule has 0 spiro atoms. The second-order valence-electron chi connectivity index (χ2n) is 4.09. The first-order valence-corrected chi connectivity index (χ1v) is 5.91. The van der Waals surface area contributed by atoms with E-state index in [0.717, 1.165) is 5.69 Å². The number of anilines is 1. The normalized spacial score (nSPS) is 11.0. The van der Waals surface area contributed by atoms with Gasteiger partial charge in [-0.2, -0.15) is 0 Å². The average Bonchev–Trinajstić information content (AvgIpc) is 2.37. The van der Waals surface area contributed by atoms with Gasteiger partial charge in [0.25, 0.3) is 0 Å². The Bertz CT molecular complexity index is 339. The van der Waals surface area contributed by atoms with E-state index in [2.05, 4.69) is 10.6 Å². The molecule has 2 amide bonds. The highest BCUT2D eigenvalue weighted by Gasteiger charge is 2.26. The Morgan fingerprint density at radius 1 is 1.24 bits per heavy atom. The summed E-state index contributed by atoms with van der Waals surface area (Å²) in [5.74, 6) is 0. The lowest BCUT2D eigenvalue weighted by Crippen LogP contribution is -2.51. The molecule has 0 atom stereocenters. The molecule has 0 unspecified atom stereocenters. The molecule has 1 aromatic rings. The monoisotopic (exact) mass is 236 g/mol. The first-order valence-electron chi connectivity index (χ1n) is 5.91. The van der Waals surface area contributed by atoms with Crippen LogP contribution in [0.4, 0.5) is 10.5 Å². The maximum absolute atomic E-state index is 11.8. The van der Waals surface area contributed by atoms with Gasteiger partial charge >= 0.3 is 6.03 Å². The Balaban J connectivity index is 2.60. The topological polar surface area (TPSA) is 61.4 Å². The van der Waals surface area contributed by atoms with Crippen LogP contribution in [0.5, 0.6) is 0 Å². The number of hydrogen-bond acceptors (Lipinski definition) is 2. The van der Waals surface area contributed by atoms with E-state index in [-0.39, 0.29) is 12.6 Å². The number of rotatable bonds is 5. The Morgan fingerprint density at radius 3 is 2.29 bits per heavy atom. The Kier molecular flexibility index (Phi) is 4.97.